The van der Waals surface area contributed by atoms with Crippen molar-refractivity contribution in [3.05, 3.63) is 28.2 Å². The van der Waals surface area contributed by atoms with E-state index in [-0.39, 0.29) is 0 Å². The molecule has 0 aromatic heterocycles. The van der Waals surface area contributed by atoms with Gasteiger partial charge in [-0.25, -0.2) is 0 Å². The lowest BCUT2D eigenvalue weighted by Gasteiger charge is -2.45. The Labute approximate surface area is 142 Å². The summed E-state index contributed by atoms with van der Waals surface area (Å²) in [6.45, 7) is 9.44. The first-order valence-electron chi connectivity index (χ1n) is 7.44. The number of anilines is 1. The molecule has 0 saturated heterocycles. The summed E-state index contributed by atoms with van der Waals surface area (Å²) >= 11 is 8.67. The van der Waals surface area contributed by atoms with Gasteiger partial charge in [0.05, 0.1) is 0 Å². The van der Waals surface area contributed by atoms with Gasteiger partial charge in [0.25, 0.3) is 0 Å². The van der Waals surface area contributed by atoms with Crippen LogP contribution in [0.4, 0.5) is 5.69 Å². The average molecular weight is 369 g/mol. The highest BCUT2D eigenvalue weighted by Gasteiger charge is 2.38. The van der Waals surface area contributed by atoms with Crippen molar-refractivity contribution in [3.63, 3.8) is 0 Å². The lowest BCUT2D eigenvalue weighted by Crippen LogP contribution is -2.40. The summed E-state index contributed by atoms with van der Waals surface area (Å²) in [5, 5.41) is 3.68. The van der Waals surface area contributed by atoms with Crippen LogP contribution in [0.5, 0.6) is 0 Å². The summed E-state index contributed by atoms with van der Waals surface area (Å²) in [5.41, 5.74) is 8.55. The normalized spacial score (nSPS) is 21.0. The fourth-order valence-corrected chi connectivity index (χ4v) is 4.54. The Bertz CT molecular complexity index is 536. The molecule has 0 heterocycles. The van der Waals surface area contributed by atoms with Crippen molar-refractivity contribution in [1.29, 1.82) is 0 Å². The van der Waals surface area contributed by atoms with Crippen LogP contribution in [0.25, 0.3) is 0 Å². The van der Waals surface area contributed by atoms with E-state index < -0.39 is 0 Å². The van der Waals surface area contributed by atoms with Crippen LogP contribution in [-0.2, 0) is 0 Å². The Morgan fingerprint density at radius 1 is 1.24 bits per heavy atom. The predicted molar refractivity (Wildman–Crippen MR) is 98.9 cm³/mol. The van der Waals surface area contributed by atoms with Gasteiger partial charge in [-0.15, -0.1) is 0 Å². The maximum atomic E-state index is 5.87. The zero-order valence-electron chi connectivity index (χ0n) is 13.3. The van der Waals surface area contributed by atoms with Crippen LogP contribution in [0.1, 0.15) is 52.5 Å². The number of rotatable bonds is 3. The lowest BCUT2D eigenvalue weighted by atomic mass is 9.63. The first kappa shape index (κ1) is 16.8. The SMILES string of the molecule is CC1(C)CC(Nc2ccc(Br)cc2C(N)=S)CC(C)(C)C1. The van der Waals surface area contributed by atoms with Gasteiger partial charge < -0.3 is 11.1 Å². The van der Waals surface area contributed by atoms with E-state index >= 15 is 0 Å². The maximum absolute atomic E-state index is 5.87. The first-order chi connectivity index (χ1) is 9.58. The Morgan fingerprint density at radius 2 is 1.81 bits per heavy atom. The molecule has 0 atom stereocenters. The second-order valence-electron chi connectivity index (χ2n) is 7.81. The highest BCUT2D eigenvalue weighted by molar-refractivity contribution is 9.10. The van der Waals surface area contributed by atoms with Gasteiger partial charge in [-0.1, -0.05) is 55.8 Å². The van der Waals surface area contributed by atoms with E-state index in [1.54, 1.807) is 0 Å². The van der Waals surface area contributed by atoms with Crippen molar-refractivity contribution in [2.75, 3.05) is 5.32 Å². The number of nitrogens with two attached hydrogens (primary N) is 1. The molecule has 0 amide bonds. The zero-order chi connectivity index (χ0) is 15.8. The Morgan fingerprint density at radius 3 is 2.33 bits per heavy atom. The Hall–Kier alpha value is -0.610. The van der Waals surface area contributed by atoms with Crippen LogP contribution in [0.2, 0.25) is 0 Å². The molecule has 2 nitrogen and oxygen atoms in total. The molecule has 0 unspecified atom stereocenters. The number of benzene rings is 1. The van der Waals surface area contributed by atoms with Gasteiger partial charge in [0, 0.05) is 21.8 Å². The molecule has 1 fully saturated rings. The minimum absolute atomic E-state index is 0.359. The fourth-order valence-electron chi connectivity index (χ4n) is 4.01. The van der Waals surface area contributed by atoms with E-state index in [1.165, 1.54) is 19.3 Å². The molecule has 3 N–H and O–H groups in total. The molecule has 2 rings (SSSR count). The van der Waals surface area contributed by atoms with Gasteiger partial charge in [0.15, 0.2) is 0 Å². The van der Waals surface area contributed by atoms with Crippen LogP contribution in [0.3, 0.4) is 0 Å². The molecule has 0 bridgehead atoms. The number of nitrogens with one attached hydrogen (secondary N) is 1. The van der Waals surface area contributed by atoms with E-state index in [1.807, 2.05) is 12.1 Å². The van der Waals surface area contributed by atoms with Gasteiger partial charge in [-0.2, -0.15) is 0 Å². The van der Waals surface area contributed by atoms with Crippen molar-refractivity contribution in [2.45, 2.75) is 53.0 Å². The monoisotopic (exact) mass is 368 g/mol. The summed E-state index contributed by atoms with van der Waals surface area (Å²) in [4.78, 5) is 0.438. The van der Waals surface area contributed by atoms with Crippen molar-refractivity contribution < 1.29 is 0 Å². The summed E-state index contributed by atoms with van der Waals surface area (Å²) in [6.07, 6.45) is 3.60. The second-order valence-corrected chi connectivity index (χ2v) is 9.16. The Kier molecular flexibility index (Phi) is 4.69. The number of halogens is 1. The van der Waals surface area contributed by atoms with E-state index in [2.05, 4.69) is 55.0 Å². The Balaban J connectivity index is 2.24. The minimum atomic E-state index is 0.359. The van der Waals surface area contributed by atoms with Gasteiger partial charge in [0.2, 0.25) is 0 Å². The van der Waals surface area contributed by atoms with Gasteiger partial charge in [-0.05, 0) is 48.3 Å². The smallest absolute Gasteiger partial charge is 0.106 e. The second kappa shape index (κ2) is 5.88. The highest BCUT2D eigenvalue weighted by atomic mass is 79.9. The van der Waals surface area contributed by atoms with E-state index in [0.717, 1.165) is 15.7 Å². The quantitative estimate of drug-likeness (QED) is 0.728. The summed E-state index contributed by atoms with van der Waals surface area (Å²) in [6, 6.07) is 6.54. The molecule has 1 aromatic rings. The van der Waals surface area contributed by atoms with Crippen molar-refractivity contribution in [1.82, 2.24) is 0 Å². The van der Waals surface area contributed by atoms with Crippen LogP contribution in [0, 0.1) is 10.8 Å². The molecule has 0 spiro atoms. The van der Waals surface area contributed by atoms with Gasteiger partial charge in [0.1, 0.15) is 4.99 Å². The van der Waals surface area contributed by atoms with Crippen LogP contribution in [-0.4, -0.2) is 11.0 Å². The topological polar surface area (TPSA) is 38.0 Å². The average Bonchev–Trinajstić information content (AvgIpc) is 2.27. The van der Waals surface area contributed by atoms with Gasteiger partial charge in [-0.3, -0.25) is 0 Å². The first-order valence-corrected chi connectivity index (χ1v) is 8.64. The molecule has 1 aliphatic rings. The van der Waals surface area contributed by atoms with Crippen LogP contribution < -0.4 is 11.1 Å². The number of hydrogen-bond acceptors (Lipinski definition) is 2. The number of thiocarbonyl (C=S) groups is 1. The third-order valence-corrected chi connectivity index (χ3v) is 4.87. The maximum Gasteiger partial charge on any atom is 0.106 e. The van der Waals surface area contributed by atoms with Crippen molar-refractivity contribution in [2.24, 2.45) is 16.6 Å². The van der Waals surface area contributed by atoms with E-state index in [9.17, 15) is 0 Å². The number of hydrogen-bond donors (Lipinski definition) is 2. The van der Waals surface area contributed by atoms with Crippen molar-refractivity contribution in [3.8, 4) is 0 Å². The van der Waals surface area contributed by atoms with Crippen LogP contribution in [0.15, 0.2) is 22.7 Å². The van der Waals surface area contributed by atoms with E-state index in [0.29, 0.717) is 21.9 Å². The summed E-state index contributed by atoms with van der Waals surface area (Å²) in [7, 11) is 0. The standard InChI is InChI=1S/C17H25BrN2S/c1-16(2)8-12(9-17(3,4)10-16)20-14-6-5-11(18)7-13(14)15(19)21/h5-7,12,20H,8-10H2,1-4H3,(H2,19,21). The summed E-state index contributed by atoms with van der Waals surface area (Å²) in [5.74, 6) is 0. The molecule has 1 saturated carbocycles. The zero-order valence-corrected chi connectivity index (χ0v) is 15.7. The minimum Gasteiger partial charge on any atom is -0.389 e. The van der Waals surface area contributed by atoms with Crippen molar-refractivity contribution >= 4 is 38.8 Å². The molecule has 0 aliphatic heterocycles. The lowest BCUT2D eigenvalue weighted by molar-refractivity contribution is 0.105. The molecule has 1 aliphatic carbocycles. The molecular formula is C17H25BrN2S. The third kappa shape index (κ3) is 4.43. The van der Waals surface area contributed by atoms with Gasteiger partial charge >= 0.3 is 0 Å². The molecule has 4 heteroatoms. The van der Waals surface area contributed by atoms with Crippen LogP contribution >= 0.6 is 28.1 Å². The third-order valence-electron chi connectivity index (χ3n) is 4.16. The largest absolute Gasteiger partial charge is 0.389 e. The summed E-state index contributed by atoms with van der Waals surface area (Å²) < 4.78 is 1.00. The molecule has 1 aromatic carbocycles. The predicted octanol–water partition coefficient (Wildman–Crippen LogP) is 5.10. The highest BCUT2D eigenvalue weighted by Crippen LogP contribution is 2.46. The fraction of sp³-hybridized carbons (Fsp3) is 0.588. The van der Waals surface area contributed by atoms with E-state index in [4.69, 9.17) is 18.0 Å². The molecular weight excluding hydrogens is 344 g/mol. The molecule has 0 radical (unpaired) electrons. The molecule has 21 heavy (non-hydrogen) atoms. The molecule has 116 valence electrons.